The third-order valence-electron chi connectivity index (χ3n) is 2.69. The molecule has 0 saturated heterocycles. The van der Waals surface area contributed by atoms with Gasteiger partial charge in [-0.15, -0.1) is 0 Å². The molecule has 1 aromatic heterocycles. The van der Waals surface area contributed by atoms with E-state index in [2.05, 4.69) is 4.98 Å². The van der Waals surface area contributed by atoms with E-state index < -0.39 is 9.84 Å². The second-order valence-electron chi connectivity index (χ2n) is 3.96. The molecule has 0 radical (unpaired) electrons. The first-order valence-electron chi connectivity index (χ1n) is 4.97. The van der Waals surface area contributed by atoms with Crippen LogP contribution in [0, 0.1) is 0 Å². The number of aryl methyl sites for hydroxylation is 2. The molecule has 0 atom stereocenters. The first kappa shape index (κ1) is 10.4. The van der Waals surface area contributed by atoms with Gasteiger partial charge in [0.2, 0.25) is 0 Å². The molecular formula is C10H14N2O2S. The van der Waals surface area contributed by atoms with Crippen molar-refractivity contribution in [3.63, 3.8) is 0 Å². The highest BCUT2D eigenvalue weighted by molar-refractivity contribution is 7.90. The molecule has 15 heavy (non-hydrogen) atoms. The van der Waals surface area contributed by atoms with Gasteiger partial charge in [-0.3, -0.25) is 0 Å². The van der Waals surface area contributed by atoms with E-state index in [1.54, 1.807) is 6.07 Å². The van der Waals surface area contributed by atoms with Gasteiger partial charge >= 0.3 is 0 Å². The Balaban J connectivity index is 2.60. The van der Waals surface area contributed by atoms with E-state index in [1.807, 2.05) is 0 Å². The van der Waals surface area contributed by atoms with E-state index in [-0.39, 0.29) is 10.7 Å². The number of hydrogen-bond acceptors (Lipinski definition) is 4. The van der Waals surface area contributed by atoms with Gasteiger partial charge in [0, 0.05) is 11.9 Å². The second-order valence-corrected chi connectivity index (χ2v) is 5.94. The summed E-state index contributed by atoms with van der Waals surface area (Å²) >= 11 is 0. The van der Waals surface area contributed by atoms with Gasteiger partial charge in [0.05, 0.1) is 0 Å². The molecule has 1 heterocycles. The van der Waals surface area contributed by atoms with Crippen molar-refractivity contribution < 1.29 is 8.42 Å². The van der Waals surface area contributed by atoms with Crippen LogP contribution in [0.1, 0.15) is 24.1 Å². The Kier molecular flexibility index (Phi) is 2.42. The Morgan fingerprint density at radius 3 is 2.67 bits per heavy atom. The van der Waals surface area contributed by atoms with Crippen LogP contribution < -0.4 is 5.73 Å². The first-order valence-corrected chi connectivity index (χ1v) is 6.86. The Labute approximate surface area is 89.4 Å². The minimum Gasteiger partial charge on any atom is -0.383 e. The molecule has 4 nitrogen and oxygen atoms in total. The summed E-state index contributed by atoms with van der Waals surface area (Å²) in [5.41, 5.74) is 7.64. The summed E-state index contributed by atoms with van der Waals surface area (Å²) in [6.45, 7) is 0. The van der Waals surface area contributed by atoms with Crippen molar-refractivity contribution in [2.45, 2.75) is 30.6 Å². The van der Waals surface area contributed by atoms with Crippen LogP contribution in [0.25, 0.3) is 0 Å². The summed E-state index contributed by atoms with van der Waals surface area (Å²) in [6.07, 6.45) is 5.18. The molecule has 1 aliphatic carbocycles. The van der Waals surface area contributed by atoms with Crippen molar-refractivity contribution >= 4 is 15.7 Å². The van der Waals surface area contributed by atoms with Gasteiger partial charge in [-0.05, 0) is 37.3 Å². The summed E-state index contributed by atoms with van der Waals surface area (Å²) in [6, 6.07) is 1.69. The van der Waals surface area contributed by atoms with Crippen LogP contribution >= 0.6 is 0 Å². The number of anilines is 1. The molecule has 0 unspecified atom stereocenters. The van der Waals surface area contributed by atoms with E-state index in [1.165, 1.54) is 0 Å². The molecule has 1 aliphatic rings. The normalized spacial score (nSPS) is 16.1. The van der Waals surface area contributed by atoms with Crippen molar-refractivity contribution in [2.24, 2.45) is 0 Å². The number of nitrogen functional groups attached to an aromatic ring is 1. The van der Waals surface area contributed by atoms with Crippen molar-refractivity contribution in [3.8, 4) is 0 Å². The molecule has 0 spiro atoms. The summed E-state index contributed by atoms with van der Waals surface area (Å²) in [7, 11) is -3.25. The van der Waals surface area contributed by atoms with Gasteiger partial charge in [-0.2, -0.15) is 0 Å². The monoisotopic (exact) mass is 226 g/mol. The molecule has 5 heteroatoms. The largest absolute Gasteiger partial charge is 0.383 e. The molecule has 0 fully saturated rings. The number of fused-ring (bicyclic) bond motifs is 1. The minimum atomic E-state index is -3.25. The zero-order valence-corrected chi connectivity index (χ0v) is 9.47. The van der Waals surface area contributed by atoms with Crippen LogP contribution in [0.15, 0.2) is 11.0 Å². The number of aromatic nitrogens is 1. The van der Waals surface area contributed by atoms with Gasteiger partial charge in [0.1, 0.15) is 10.7 Å². The third kappa shape index (κ3) is 1.97. The first-order chi connectivity index (χ1) is 6.98. The van der Waals surface area contributed by atoms with Crippen LogP contribution in [0.4, 0.5) is 5.82 Å². The Hall–Kier alpha value is -1.10. The zero-order chi connectivity index (χ0) is 11.1. The van der Waals surface area contributed by atoms with Gasteiger partial charge in [0.25, 0.3) is 0 Å². The quantitative estimate of drug-likeness (QED) is 0.773. The van der Waals surface area contributed by atoms with Crippen LogP contribution in [0.5, 0.6) is 0 Å². The average Bonchev–Trinajstić information content (AvgIpc) is 2.15. The average molecular weight is 226 g/mol. The maximum absolute atomic E-state index is 11.4. The highest BCUT2D eigenvalue weighted by Gasteiger charge is 2.18. The van der Waals surface area contributed by atoms with Gasteiger partial charge in [-0.1, -0.05) is 0 Å². The smallest absolute Gasteiger partial charge is 0.179 e. The Bertz CT molecular complexity index is 494. The van der Waals surface area contributed by atoms with Gasteiger partial charge in [0.15, 0.2) is 9.84 Å². The fourth-order valence-corrected chi connectivity index (χ4v) is 2.71. The molecule has 1 aromatic rings. The number of pyridine rings is 1. The van der Waals surface area contributed by atoms with Crippen LogP contribution in [0.3, 0.4) is 0 Å². The lowest BCUT2D eigenvalue weighted by Gasteiger charge is -2.16. The van der Waals surface area contributed by atoms with Crippen molar-refractivity contribution in [1.82, 2.24) is 4.98 Å². The Morgan fingerprint density at radius 2 is 2.00 bits per heavy atom. The fourth-order valence-electron chi connectivity index (χ4n) is 1.93. The molecule has 2 N–H and O–H groups in total. The van der Waals surface area contributed by atoms with Crippen LogP contribution in [0.2, 0.25) is 0 Å². The molecule has 0 aliphatic heterocycles. The fraction of sp³-hybridized carbons (Fsp3) is 0.500. The SMILES string of the molecule is CS(=O)(=O)c1cc2c(nc1N)CCCC2. The predicted octanol–water partition coefficient (Wildman–Crippen LogP) is 0.946. The number of nitrogens with two attached hydrogens (primary N) is 1. The maximum Gasteiger partial charge on any atom is 0.179 e. The number of sulfone groups is 1. The lowest BCUT2D eigenvalue weighted by molar-refractivity contribution is 0.600. The Morgan fingerprint density at radius 1 is 1.33 bits per heavy atom. The van der Waals surface area contributed by atoms with Crippen LogP contribution in [-0.4, -0.2) is 19.7 Å². The van der Waals surface area contributed by atoms with E-state index in [0.29, 0.717) is 0 Å². The van der Waals surface area contributed by atoms with Crippen molar-refractivity contribution in [1.29, 1.82) is 0 Å². The molecule has 0 saturated carbocycles. The van der Waals surface area contributed by atoms with Crippen molar-refractivity contribution in [3.05, 3.63) is 17.3 Å². The van der Waals surface area contributed by atoms with E-state index in [9.17, 15) is 8.42 Å². The minimum absolute atomic E-state index is 0.137. The van der Waals surface area contributed by atoms with Gasteiger partial charge in [-0.25, -0.2) is 13.4 Å². The van der Waals surface area contributed by atoms with Crippen molar-refractivity contribution in [2.75, 3.05) is 12.0 Å². The highest BCUT2D eigenvalue weighted by Crippen LogP contribution is 2.25. The van der Waals surface area contributed by atoms with E-state index in [4.69, 9.17) is 5.73 Å². The standard InChI is InChI=1S/C10H14N2O2S/c1-15(13,14)9-6-7-4-2-3-5-8(7)12-10(9)11/h6H,2-5H2,1H3,(H2,11,12). The summed E-state index contributed by atoms with van der Waals surface area (Å²) in [5, 5.41) is 0. The highest BCUT2D eigenvalue weighted by atomic mass is 32.2. The molecule has 2 rings (SSSR count). The number of hydrogen-bond donors (Lipinski definition) is 1. The number of rotatable bonds is 1. The molecule has 0 aromatic carbocycles. The second kappa shape index (κ2) is 3.48. The molecular weight excluding hydrogens is 212 g/mol. The maximum atomic E-state index is 11.4. The van der Waals surface area contributed by atoms with Crippen LogP contribution in [-0.2, 0) is 22.7 Å². The van der Waals surface area contributed by atoms with Gasteiger partial charge < -0.3 is 5.73 Å². The topological polar surface area (TPSA) is 73.0 Å². The lowest BCUT2D eigenvalue weighted by Crippen LogP contribution is -2.12. The lowest BCUT2D eigenvalue weighted by atomic mass is 9.96. The molecule has 82 valence electrons. The summed E-state index contributed by atoms with van der Waals surface area (Å²) in [5.74, 6) is 0.137. The molecule has 0 bridgehead atoms. The number of nitrogens with zero attached hydrogens (tertiary/aromatic N) is 1. The zero-order valence-electron chi connectivity index (χ0n) is 8.66. The van der Waals surface area contributed by atoms with E-state index in [0.717, 1.165) is 43.2 Å². The van der Waals surface area contributed by atoms with E-state index >= 15 is 0 Å². The third-order valence-corrected chi connectivity index (χ3v) is 3.82. The summed E-state index contributed by atoms with van der Waals surface area (Å²) in [4.78, 5) is 4.35. The molecule has 0 amide bonds. The summed E-state index contributed by atoms with van der Waals surface area (Å²) < 4.78 is 22.8. The predicted molar refractivity (Wildman–Crippen MR) is 58.4 cm³/mol.